The van der Waals surface area contributed by atoms with Gasteiger partial charge in [-0.25, -0.2) is 19.5 Å². The number of aromatic nitrogens is 5. The molecule has 1 amide bonds. The molecule has 8 nitrogen and oxygen atoms in total. The molecular formula is C16H17N7O. The lowest BCUT2D eigenvalue weighted by Crippen LogP contribution is -2.21. The van der Waals surface area contributed by atoms with Crippen LogP contribution in [0.3, 0.4) is 0 Å². The highest BCUT2D eigenvalue weighted by molar-refractivity contribution is 5.99. The van der Waals surface area contributed by atoms with Crippen LogP contribution in [0, 0.1) is 0 Å². The van der Waals surface area contributed by atoms with E-state index in [9.17, 15) is 4.79 Å². The molecule has 24 heavy (non-hydrogen) atoms. The molecule has 0 unspecified atom stereocenters. The number of hydrogen-bond donors (Lipinski definition) is 1. The minimum Gasteiger partial charge on any atom is -0.356 e. The Morgan fingerprint density at radius 1 is 1.29 bits per heavy atom. The number of nitrogens with one attached hydrogen (secondary N) is 1. The normalized spacial score (nSPS) is 17.4. The third-order valence-electron chi connectivity index (χ3n) is 4.40. The van der Waals surface area contributed by atoms with Crippen LogP contribution in [0.1, 0.15) is 28.4 Å². The van der Waals surface area contributed by atoms with Gasteiger partial charge in [-0.1, -0.05) is 0 Å². The summed E-state index contributed by atoms with van der Waals surface area (Å²) in [4.78, 5) is 26.8. The molecule has 1 atom stereocenters. The Labute approximate surface area is 138 Å². The van der Waals surface area contributed by atoms with Gasteiger partial charge in [-0.2, -0.15) is 5.10 Å². The van der Waals surface area contributed by atoms with Crippen LogP contribution in [0.5, 0.6) is 0 Å². The lowest BCUT2D eigenvalue weighted by molar-refractivity contribution is 0.0964. The minimum atomic E-state index is -0.177. The monoisotopic (exact) mass is 323 g/mol. The molecule has 0 saturated carbocycles. The molecular weight excluding hydrogens is 306 g/mol. The first-order chi connectivity index (χ1) is 11.8. The van der Waals surface area contributed by atoms with Gasteiger partial charge >= 0.3 is 0 Å². The fourth-order valence-corrected chi connectivity index (χ4v) is 3.19. The Balaban J connectivity index is 1.66. The van der Waals surface area contributed by atoms with Gasteiger partial charge in [-0.15, -0.1) is 0 Å². The van der Waals surface area contributed by atoms with Gasteiger partial charge in [0, 0.05) is 38.4 Å². The maximum absolute atomic E-state index is 11.9. The number of rotatable bonds is 3. The molecule has 0 aromatic carbocycles. The van der Waals surface area contributed by atoms with Crippen molar-refractivity contribution < 1.29 is 4.79 Å². The van der Waals surface area contributed by atoms with Crippen molar-refractivity contribution in [2.24, 2.45) is 0 Å². The molecule has 1 saturated heterocycles. The van der Waals surface area contributed by atoms with Gasteiger partial charge in [0.05, 0.1) is 11.9 Å². The van der Waals surface area contributed by atoms with Gasteiger partial charge in [-0.05, 0) is 18.6 Å². The van der Waals surface area contributed by atoms with E-state index in [0.29, 0.717) is 17.1 Å². The van der Waals surface area contributed by atoms with Crippen molar-refractivity contribution in [2.75, 3.05) is 25.0 Å². The molecule has 3 aromatic rings. The summed E-state index contributed by atoms with van der Waals surface area (Å²) in [6, 6.07) is 3.89. The first-order valence-corrected chi connectivity index (χ1v) is 7.83. The Hall–Kier alpha value is -3.03. The van der Waals surface area contributed by atoms with Crippen LogP contribution in [0.4, 0.5) is 5.82 Å². The van der Waals surface area contributed by atoms with E-state index in [1.165, 1.54) is 0 Å². The van der Waals surface area contributed by atoms with Gasteiger partial charge in [0.25, 0.3) is 5.91 Å². The fourth-order valence-electron chi connectivity index (χ4n) is 3.19. The lowest BCUT2D eigenvalue weighted by Gasteiger charge is -2.17. The Morgan fingerprint density at radius 2 is 2.21 bits per heavy atom. The number of anilines is 1. The zero-order chi connectivity index (χ0) is 16.5. The van der Waals surface area contributed by atoms with Crippen LogP contribution in [-0.4, -0.2) is 50.6 Å². The molecule has 1 aliphatic heterocycles. The number of carbonyl (C=O) groups is 1. The third kappa shape index (κ3) is 2.36. The maximum atomic E-state index is 11.9. The largest absolute Gasteiger partial charge is 0.356 e. The fraction of sp³-hybridized carbons (Fsp3) is 0.312. The average Bonchev–Trinajstić information content (AvgIpc) is 3.29. The summed E-state index contributed by atoms with van der Waals surface area (Å²) >= 11 is 0. The van der Waals surface area contributed by atoms with Crippen molar-refractivity contribution in [1.82, 2.24) is 29.9 Å². The Bertz CT molecular complexity index is 877. The average molecular weight is 323 g/mol. The molecule has 1 N–H and O–H groups in total. The predicted molar refractivity (Wildman–Crippen MR) is 88.0 cm³/mol. The number of fused-ring (bicyclic) bond motifs is 1. The molecule has 4 heterocycles. The molecule has 1 fully saturated rings. The van der Waals surface area contributed by atoms with E-state index < -0.39 is 0 Å². The number of nitrogens with zero attached hydrogens (tertiary/aromatic N) is 6. The van der Waals surface area contributed by atoms with Crippen molar-refractivity contribution in [3.63, 3.8) is 0 Å². The van der Waals surface area contributed by atoms with E-state index >= 15 is 0 Å². The van der Waals surface area contributed by atoms with E-state index in [4.69, 9.17) is 0 Å². The second-order valence-corrected chi connectivity index (χ2v) is 5.74. The molecule has 4 rings (SSSR count). The van der Waals surface area contributed by atoms with Crippen molar-refractivity contribution >= 4 is 17.4 Å². The highest BCUT2D eigenvalue weighted by atomic mass is 16.1. The summed E-state index contributed by atoms with van der Waals surface area (Å²) in [5, 5.41) is 7.00. The van der Waals surface area contributed by atoms with E-state index in [1.54, 1.807) is 36.5 Å². The zero-order valence-corrected chi connectivity index (χ0v) is 13.3. The van der Waals surface area contributed by atoms with Crippen LogP contribution in [0.15, 0.2) is 37.1 Å². The molecule has 122 valence electrons. The summed E-state index contributed by atoms with van der Waals surface area (Å²) in [5.41, 5.74) is 2.14. The number of carbonyl (C=O) groups excluding carboxylic acids is 1. The topological polar surface area (TPSA) is 88.3 Å². The van der Waals surface area contributed by atoms with Crippen LogP contribution in [-0.2, 0) is 0 Å². The predicted octanol–water partition coefficient (Wildman–Crippen LogP) is 0.873. The summed E-state index contributed by atoms with van der Waals surface area (Å²) in [7, 11) is 1.60. The van der Waals surface area contributed by atoms with Gasteiger partial charge in [0.2, 0.25) is 0 Å². The first-order valence-electron chi connectivity index (χ1n) is 7.83. The van der Waals surface area contributed by atoms with E-state index in [-0.39, 0.29) is 5.91 Å². The molecule has 0 bridgehead atoms. The summed E-state index contributed by atoms with van der Waals surface area (Å²) in [6.07, 6.45) is 7.63. The standard InChI is InChI=1S/C16H17N7O/c1-17-16(24)12-8-21-23-13(2-6-19-15(12)23)11-4-7-22(9-11)14-3-5-18-10-20-14/h2-3,5-6,8,10-11H,4,7,9H2,1H3,(H,17,24)/t11-/m0/s1. The van der Waals surface area contributed by atoms with E-state index in [0.717, 1.165) is 31.0 Å². The SMILES string of the molecule is CNC(=O)c1cnn2c([C@H]3CCN(c4ccncn4)C3)ccnc12. The van der Waals surface area contributed by atoms with Gasteiger partial charge < -0.3 is 10.2 Å². The van der Waals surface area contributed by atoms with Crippen LogP contribution in [0.25, 0.3) is 5.65 Å². The van der Waals surface area contributed by atoms with Crippen LogP contribution in [0.2, 0.25) is 0 Å². The Kier molecular flexibility index (Phi) is 3.56. The van der Waals surface area contributed by atoms with Gasteiger partial charge in [-0.3, -0.25) is 4.79 Å². The van der Waals surface area contributed by atoms with Crippen molar-refractivity contribution in [3.05, 3.63) is 48.3 Å². The smallest absolute Gasteiger partial charge is 0.256 e. The van der Waals surface area contributed by atoms with Crippen molar-refractivity contribution in [2.45, 2.75) is 12.3 Å². The van der Waals surface area contributed by atoms with Crippen LogP contribution >= 0.6 is 0 Å². The maximum Gasteiger partial charge on any atom is 0.256 e. The molecule has 1 aliphatic rings. The molecule has 8 heteroatoms. The van der Waals surface area contributed by atoms with Crippen molar-refractivity contribution in [3.8, 4) is 0 Å². The molecule has 0 spiro atoms. The molecule has 0 aliphatic carbocycles. The third-order valence-corrected chi connectivity index (χ3v) is 4.40. The van der Waals surface area contributed by atoms with Crippen LogP contribution < -0.4 is 10.2 Å². The summed E-state index contributed by atoms with van der Waals surface area (Å²) in [5.74, 6) is 1.07. The zero-order valence-electron chi connectivity index (χ0n) is 13.3. The van der Waals surface area contributed by atoms with E-state index in [1.807, 2.05) is 12.1 Å². The summed E-state index contributed by atoms with van der Waals surface area (Å²) in [6.45, 7) is 1.78. The minimum absolute atomic E-state index is 0.177. The first kappa shape index (κ1) is 14.6. The molecule has 0 radical (unpaired) electrons. The number of amides is 1. The van der Waals surface area contributed by atoms with Gasteiger partial charge in [0.1, 0.15) is 17.7 Å². The highest BCUT2D eigenvalue weighted by Gasteiger charge is 2.27. The summed E-state index contributed by atoms with van der Waals surface area (Å²) < 4.78 is 1.78. The molecule has 3 aromatic heterocycles. The number of hydrogen-bond acceptors (Lipinski definition) is 6. The van der Waals surface area contributed by atoms with Crippen molar-refractivity contribution in [1.29, 1.82) is 0 Å². The lowest BCUT2D eigenvalue weighted by atomic mass is 10.0. The second kappa shape index (κ2) is 5.88. The van der Waals surface area contributed by atoms with E-state index in [2.05, 4.69) is 30.3 Å². The highest BCUT2D eigenvalue weighted by Crippen LogP contribution is 2.29. The second-order valence-electron chi connectivity index (χ2n) is 5.74. The van der Waals surface area contributed by atoms with Gasteiger partial charge in [0.15, 0.2) is 5.65 Å². The Morgan fingerprint density at radius 3 is 3.00 bits per heavy atom. The quantitative estimate of drug-likeness (QED) is 0.769.